The summed E-state index contributed by atoms with van der Waals surface area (Å²) in [6, 6.07) is 4.22. The molecule has 6 heteroatoms. The minimum atomic E-state index is 0.199. The maximum Gasteiger partial charge on any atom is 0.145 e. The molecule has 0 aromatic carbocycles. The van der Waals surface area contributed by atoms with E-state index in [0.29, 0.717) is 11.6 Å². The first-order chi connectivity index (χ1) is 8.99. The van der Waals surface area contributed by atoms with Gasteiger partial charge < -0.3 is 10.7 Å². The molecule has 0 spiro atoms. The zero-order chi connectivity index (χ0) is 14.0. The van der Waals surface area contributed by atoms with Crippen molar-refractivity contribution in [3.05, 3.63) is 33.3 Å². The Labute approximate surface area is 117 Å². The third-order valence-corrected chi connectivity index (χ3v) is 3.88. The molecular formula is C13H19N5S. The van der Waals surface area contributed by atoms with E-state index in [1.165, 1.54) is 15.3 Å². The fourth-order valence-corrected chi connectivity index (χ4v) is 3.12. The fourth-order valence-electron chi connectivity index (χ4n) is 2.10. The van der Waals surface area contributed by atoms with Crippen LogP contribution in [-0.4, -0.2) is 9.97 Å². The van der Waals surface area contributed by atoms with Gasteiger partial charge in [0.15, 0.2) is 0 Å². The lowest BCUT2D eigenvalue weighted by atomic mass is 10.1. The zero-order valence-electron chi connectivity index (χ0n) is 11.6. The van der Waals surface area contributed by atoms with Crippen molar-refractivity contribution in [3.63, 3.8) is 0 Å². The Morgan fingerprint density at radius 2 is 1.84 bits per heavy atom. The van der Waals surface area contributed by atoms with Crippen molar-refractivity contribution in [1.29, 1.82) is 0 Å². The second-order valence-electron chi connectivity index (χ2n) is 4.56. The van der Waals surface area contributed by atoms with Crippen molar-refractivity contribution in [1.82, 2.24) is 9.97 Å². The maximum atomic E-state index is 5.39. The molecule has 0 aliphatic carbocycles. The average molecular weight is 277 g/mol. The molecule has 2 aromatic rings. The van der Waals surface area contributed by atoms with Crippen LogP contribution in [0.15, 0.2) is 12.1 Å². The molecule has 0 saturated heterocycles. The lowest BCUT2D eigenvalue weighted by Gasteiger charge is -2.15. The van der Waals surface area contributed by atoms with E-state index >= 15 is 0 Å². The first-order valence-corrected chi connectivity index (χ1v) is 6.97. The molecule has 0 aliphatic heterocycles. The van der Waals surface area contributed by atoms with Crippen LogP contribution in [0.2, 0.25) is 0 Å². The highest BCUT2D eigenvalue weighted by Gasteiger charge is 2.12. The summed E-state index contributed by atoms with van der Waals surface area (Å²) < 4.78 is 0. The number of aryl methyl sites for hydroxylation is 3. The number of rotatable bonds is 4. The van der Waals surface area contributed by atoms with Gasteiger partial charge in [-0.25, -0.2) is 15.8 Å². The third kappa shape index (κ3) is 3.21. The van der Waals surface area contributed by atoms with Crippen LogP contribution in [0.1, 0.15) is 34.1 Å². The molecule has 4 N–H and O–H groups in total. The fraction of sp³-hybridized carbons (Fsp3) is 0.385. The topological polar surface area (TPSA) is 75.9 Å². The molecular weight excluding hydrogens is 258 g/mol. The molecule has 2 rings (SSSR count). The number of anilines is 2. The van der Waals surface area contributed by atoms with Gasteiger partial charge in [-0.1, -0.05) is 0 Å². The van der Waals surface area contributed by atoms with E-state index in [0.717, 1.165) is 5.82 Å². The Hall–Kier alpha value is -1.66. The normalized spacial score (nSPS) is 12.3. The molecule has 0 saturated carbocycles. The third-order valence-electron chi connectivity index (χ3n) is 2.90. The van der Waals surface area contributed by atoms with Crippen LogP contribution in [-0.2, 0) is 0 Å². The number of hydrogen-bond donors (Lipinski definition) is 3. The smallest absolute Gasteiger partial charge is 0.145 e. The van der Waals surface area contributed by atoms with Crippen molar-refractivity contribution < 1.29 is 0 Å². The Morgan fingerprint density at radius 3 is 2.42 bits per heavy atom. The van der Waals surface area contributed by atoms with Crippen LogP contribution in [0.3, 0.4) is 0 Å². The van der Waals surface area contributed by atoms with Crippen molar-refractivity contribution in [2.75, 3.05) is 10.7 Å². The largest absolute Gasteiger partial charge is 0.363 e. The molecule has 0 aliphatic rings. The highest BCUT2D eigenvalue weighted by atomic mass is 32.1. The van der Waals surface area contributed by atoms with Crippen LogP contribution in [0.4, 0.5) is 11.6 Å². The van der Waals surface area contributed by atoms with Crippen molar-refractivity contribution in [2.24, 2.45) is 5.84 Å². The monoisotopic (exact) mass is 277 g/mol. The summed E-state index contributed by atoms with van der Waals surface area (Å²) in [6.07, 6.45) is 0. The quantitative estimate of drug-likeness (QED) is 0.592. The van der Waals surface area contributed by atoms with E-state index in [1.54, 1.807) is 6.07 Å². The maximum absolute atomic E-state index is 5.39. The number of aromatic nitrogens is 2. The molecule has 0 radical (unpaired) electrons. The van der Waals surface area contributed by atoms with Crippen LogP contribution in [0, 0.1) is 20.8 Å². The number of nitrogens with zero attached hydrogens (tertiary/aromatic N) is 2. The molecule has 0 fully saturated rings. The molecule has 0 bridgehead atoms. The molecule has 2 aromatic heterocycles. The molecule has 5 nitrogen and oxygen atoms in total. The minimum absolute atomic E-state index is 0.199. The van der Waals surface area contributed by atoms with Crippen LogP contribution in [0.5, 0.6) is 0 Å². The lowest BCUT2D eigenvalue weighted by Crippen LogP contribution is -2.13. The number of hydrogen-bond acceptors (Lipinski definition) is 6. The van der Waals surface area contributed by atoms with E-state index < -0.39 is 0 Å². The number of nitrogens with one attached hydrogen (secondary N) is 2. The molecule has 1 atom stereocenters. The van der Waals surface area contributed by atoms with Crippen molar-refractivity contribution in [3.8, 4) is 0 Å². The van der Waals surface area contributed by atoms with Crippen molar-refractivity contribution in [2.45, 2.75) is 33.7 Å². The molecule has 1 unspecified atom stereocenters. The Bertz CT molecular complexity index is 578. The van der Waals surface area contributed by atoms with E-state index in [2.05, 4.69) is 47.5 Å². The molecule has 2 heterocycles. The van der Waals surface area contributed by atoms with Gasteiger partial charge in [0, 0.05) is 15.8 Å². The number of nitrogens with two attached hydrogens (primary N) is 1. The highest BCUT2D eigenvalue weighted by Crippen LogP contribution is 2.28. The van der Waals surface area contributed by atoms with Crippen molar-refractivity contribution >= 4 is 23.0 Å². The zero-order valence-corrected chi connectivity index (χ0v) is 12.4. The van der Waals surface area contributed by atoms with Crippen LogP contribution in [0.25, 0.3) is 0 Å². The van der Waals surface area contributed by atoms with Gasteiger partial charge in [0.05, 0.1) is 6.04 Å². The van der Waals surface area contributed by atoms with E-state index in [4.69, 9.17) is 5.84 Å². The van der Waals surface area contributed by atoms with Gasteiger partial charge in [-0.3, -0.25) is 0 Å². The Morgan fingerprint density at radius 1 is 1.16 bits per heavy atom. The van der Waals surface area contributed by atoms with Gasteiger partial charge in [0.25, 0.3) is 0 Å². The van der Waals surface area contributed by atoms with Gasteiger partial charge in [-0.05, 0) is 39.3 Å². The SMILES string of the molecule is Cc1nc(NN)cc(NC(C)c2cc(C)sc2C)n1. The summed E-state index contributed by atoms with van der Waals surface area (Å²) >= 11 is 1.81. The minimum Gasteiger partial charge on any atom is -0.363 e. The number of nitrogen functional groups attached to an aromatic ring is 1. The summed E-state index contributed by atoms with van der Waals surface area (Å²) in [5, 5.41) is 3.39. The second kappa shape index (κ2) is 5.54. The standard InChI is InChI=1S/C13H19N5S/c1-7-5-11(9(3)19-7)8(2)15-12-6-13(18-14)17-10(4)16-12/h5-6,8H,14H2,1-4H3,(H2,15,16,17,18). The Kier molecular flexibility index (Phi) is 4.01. The predicted molar refractivity (Wildman–Crippen MR) is 80.4 cm³/mol. The van der Waals surface area contributed by atoms with Gasteiger partial charge in [-0.15, -0.1) is 11.3 Å². The first-order valence-electron chi connectivity index (χ1n) is 6.15. The Balaban J connectivity index is 2.21. The average Bonchev–Trinajstić information content (AvgIpc) is 2.67. The predicted octanol–water partition coefficient (Wildman–Crippen LogP) is 2.92. The van der Waals surface area contributed by atoms with Gasteiger partial charge in [0.2, 0.25) is 0 Å². The lowest BCUT2D eigenvalue weighted by molar-refractivity contribution is 0.864. The molecule has 19 heavy (non-hydrogen) atoms. The second-order valence-corrected chi connectivity index (χ2v) is 6.03. The van der Waals surface area contributed by atoms with E-state index in [9.17, 15) is 0 Å². The van der Waals surface area contributed by atoms with Gasteiger partial charge >= 0.3 is 0 Å². The summed E-state index contributed by atoms with van der Waals surface area (Å²) in [5.41, 5.74) is 3.85. The van der Waals surface area contributed by atoms with Gasteiger partial charge in [0.1, 0.15) is 17.5 Å². The first kappa shape index (κ1) is 13.8. The number of thiophene rings is 1. The number of hydrazine groups is 1. The summed E-state index contributed by atoms with van der Waals surface area (Å²) in [7, 11) is 0. The van der Waals surface area contributed by atoms with Gasteiger partial charge in [-0.2, -0.15) is 0 Å². The summed E-state index contributed by atoms with van der Waals surface area (Å²) in [4.78, 5) is 11.2. The highest BCUT2D eigenvalue weighted by molar-refractivity contribution is 7.12. The summed E-state index contributed by atoms with van der Waals surface area (Å²) in [5.74, 6) is 7.46. The van der Waals surface area contributed by atoms with E-state index in [-0.39, 0.29) is 6.04 Å². The van der Waals surface area contributed by atoms with Crippen LogP contribution >= 0.6 is 11.3 Å². The van der Waals surface area contributed by atoms with Crippen LogP contribution < -0.4 is 16.6 Å². The molecule has 102 valence electrons. The summed E-state index contributed by atoms with van der Waals surface area (Å²) in [6.45, 7) is 8.24. The van der Waals surface area contributed by atoms with E-state index in [1.807, 2.05) is 18.3 Å². The molecule has 0 amide bonds.